The third-order valence-corrected chi connectivity index (χ3v) is 2.36. The first-order valence-electron chi connectivity index (χ1n) is 5.24. The second-order valence-corrected chi connectivity index (χ2v) is 3.47. The summed E-state index contributed by atoms with van der Waals surface area (Å²) >= 11 is 0. The van der Waals surface area contributed by atoms with Crippen LogP contribution in [0, 0.1) is 11.3 Å². The molecule has 0 atom stereocenters. The molecule has 102 valence electrons. The molecule has 1 aromatic rings. The number of nitrogens with zero attached hydrogens (tertiary/aromatic N) is 1. The molecule has 7 heteroatoms. The summed E-state index contributed by atoms with van der Waals surface area (Å²) in [4.78, 5) is 11.4. The van der Waals surface area contributed by atoms with Gasteiger partial charge in [0.15, 0.2) is 0 Å². The summed E-state index contributed by atoms with van der Waals surface area (Å²) in [6, 6.07) is 4.09. The highest BCUT2D eigenvalue weighted by atomic mass is 19.4. The molecule has 0 spiro atoms. The lowest BCUT2D eigenvalue weighted by Crippen LogP contribution is -2.21. The van der Waals surface area contributed by atoms with Gasteiger partial charge in [-0.25, -0.2) is 4.79 Å². The predicted octanol–water partition coefficient (Wildman–Crippen LogP) is 2.81. The molecular formula is C12H10F3NO3. The number of ether oxygens (including phenoxy) is 2. The molecular weight excluding hydrogens is 263 g/mol. The quantitative estimate of drug-likeness (QED) is 0.794. The molecule has 0 aliphatic rings. The van der Waals surface area contributed by atoms with E-state index in [1.807, 2.05) is 0 Å². The SMILES string of the molecule is CCc1c(C#N)ccc(C(=O)OC)c1OC(F)(F)F. The van der Waals surface area contributed by atoms with Gasteiger partial charge >= 0.3 is 12.3 Å². The summed E-state index contributed by atoms with van der Waals surface area (Å²) in [6.45, 7) is 1.56. The normalized spacial score (nSPS) is 10.7. The van der Waals surface area contributed by atoms with Gasteiger partial charge in [-0.15, -0.1) is 13.2 Å². The van der Waals surface area contributed by atoms with E-state index in [0.717, 1.165) is 13.2 Å². The smallest absolute Gasteiger partial charge is 0.465 e. The molecule has 1 rings (SSSR count). The molecule has 0 saturated heterocycles. The van der Waals surface area contributed by atoms with Crippen LogP contribution in [0.3, 0.4) is 0 Å². The fourth-order valence-corrected chi connectivity index (χ4v) is 1.59. The molecule has 0 heterocycles. The van der Waals surface area contributed by atoms with Crippen molar-refractivity contribution in [3.63, 3.8) is 0 Å². The van der Waals surface area contributed by atoms with E-state index >= 15 is 0 Å². The summed E-state index contributed by atoms with van der Waals surface area (Å²) < 4.78 is 45.4. The van der Waals surface area contributed by atoms with Crippen molar-refractivity contribution in [1.82, 2.24) is 0 Å². The average molecular weight is 273 g/mol. The molecule has 0 N–H and O–H groups in total. The monoisotopic (exact) mass is 273 g/mol. The standard InChI is InChI=1S/C12H10F3NO3/c1-3-8-7(6-16)4-5-9(11(17)18-2)10(8)19-12(13,14)15/h4-5H,3H2,1-2H3. The molecule has 0 fully saturated rings. The maximum absolute atomic E-state index is 12.4. The summed E-state index contributed by atoms with van der Waals surface area (Å²) in [5.74, 6) is -1.64. The minimum atomic E-state index is -4.96. The lowest BCUT2D eigenvalue weighted by atomic mass is 10.0. The van der Waals surface area contributed by atoms with Crippen molar-refractivity contribution in [2.24, 2.45) is 0 Å². The Balaban J connectivity index is 3.49. The Bertz CT molecular complexity index is 532. The minimum Gasteiger partial charge on any atom is -0.465 e. The van der Waals surface area contributed by atoms with Crippen molar-refractivity contribution in [1.29, 1.82) is 5.26 Å². The van der Waals surface area contributed by atoms with Gasteiger partial charge in [-0.2, -0.15) is 5.26 Å². The highest BCUT2D eigenvalue weighted by molar-refractivity contribution is 5.93. The van der Waals surface area contributed by atoms with Crippen LogP contribution in [0.5, 0.6) is 5.75 Å². The summed E-state index contributed by atoms with van der Waals surface area (Å²) in [6.07, 6.45) is -4.85. The van der Waals surface area contributed by atoms with Crippen molar-refractivity contribution >= 4 is 5.97 Å². The van der Waals surface area contributed by atoms with E-state index < -0.39 is 18.1 Å². The van der Waals surface area contributed by atoms with Gasteiger partial charge < -0.3 is 9.47 Å². The number of esters is 1. The first-order chi connectivity index (χ1) is 8.84. The summed E-state index contributed by atoms with van der Waals surface area (Å²) in [5.41, 5.74) is -0.326. The van der Waals surface area contributed by atoms with E-state index in [9.17, 15) is 18.0 Å². The molecule has 1 aromatic carbocycles. The second kappa shape index (κ2) is 5.61. The van der Waals surface area contributed by atoms with Crippen molar-refractivity contribution in [3.05, 3.63) is 28.8 Å². The summed E-state index contributed by atoms with van der Waals surface area (Å²) in [5, 5.41) is 8.86. The van der Waals surface area contributed by atoms with E-state index in [-0.39, 0.29) is 23.1 Å². The molecule has 0 bridgehead atoms. The van der Waals surface area contributed by atoms with E-state index in [2.05, 4.69) is 9.47 Å². The van der Waals surface area contributed by atoms with Gasteiger partial charge in [0.1, 0.15) is 11.3 Å². The number of benzene rings is 1. The van der Waals surface area contributed by atoms with Crippen LogP contribution in [0.2, 0.25) is 0 Å². The maximum atomic E-state index is 12.4. The van der Waals surface area contributed by atoms with Gasteiger partial charge in [0, 0.05) is 5.56 Å². The van der Waals surface area contributed by atoms with E-state index in [1.54, 1.807) is 13.0 Å². The molecule has 0 aliphatic carbocycles. The lowest BCUT2D eigenvalue weighted by molar-refractivity contribution is -0.275. The van der Waals surface area contributed by atoms with Crippen LogP contribution < -0.4 is 4.74 Å². The van der Waals surface area contributed by atoms with Crippen molar-refractivity contribution < 1.29 is 27.4 Å². The van der Waals surface area contributed by atoms with Crippen molar-refractivity contribution in [3.8, 4) is 11.8 Å². The van der Waals surface area contributed by atoms with Crippen LogP contribution in [-0.2, 0) is 11.2 Å². The van der Waals surface area contributed by atoms with Crippen molar-refractivity contribution in [2.75, 3.05) is 7.11 Å². The highest BCUT2D eigenvalue weighted by Gasteiger charge is 2.35. The largest absolute Gasteiger partial charge is 0.573 e. The van der Waals surface area contributed by atoms with Gasteiger partial charge in [-0.3, -0.25) is 0 Å². The van der Waals surface area contributed by atoms with Gasteiger partial charge in [-0.05, 0) is 18.6 Å². The van der Waals surface area contributed by atoms with E-state index in [1.165, 1.54) is 6.07 Å². The Morgan fingerprint density at radius 1 is 1.42 bits per heavy atom. The maximum Gasteiger partial charge on any atom is 0.573 e. The number of methoxy groups -OCH3 is 1. The number of carbonyl (C=O) groups is 1. The van der Waals surface area contributed by atoms with Crippen LogP contribution in [0.1, 0.15) is 28.4 Å². The Hall–Kier alpha value is -2.23. The van der Waals surface area contributed by atoms with Gasteiger partial charge in [0.05, 0.1) is 18.7 Å². The number of alkyl halides is 3. The fraction of sp³-hybridized carbons (Fsp3) is 0.333. The molecule has 0 aliphatic heterocycles. The number of rotatable bonds is 3. The number of nitriles is 1. The third-order valence-electron chi connectivity index (χ3n) is 2.36. The zero-order chi connectivity index (χ0) is 14.6. The van der Waals surface area contributed by atoms with Gasteiger partial charge in [-0.1, -0.05) is 6.92 Å². The second-order valence-electron chi connectivity index (χ2n) is 3.47. The molecule has 0 unspecified atom stereocenters. The first kappa shape index (κ1) is 14.8. The predicted molar refractivity (Wildman–Crippen MR) is 58.6 cm³/mol. The minimum absolute atomic E-state index is 0.0164. The van der Waals surface area contributed by atoms with E-state index in [4.69, 9.17) is 5.26 Å². The Labute approximate surface area is 107 Å². The topological polar surface area (TPSA) is 59.3 Å². The van der Waals surface area contributed by atoms with Crippen LogP contribution in [0.4, 0.5) is 13.2 Å². The Kier molecular flexibility index (Phi) is 4.38. The molecule has 0 amide bonds. The van der Waals surface area contributed by atoms with Crippen LogP contribution in [0.25, 0.3) is 0 Å². The Morgan fingerprint density at radius 2 is 2.05 bits per heavy atom. The zero-order valence-electron chi connectivity index (χ0n) is 10.2. The van der Waals surface area contributed by atoms with E-state index in [0.29, 0.717) is 0 Å². The number of carbonyl (C=O) groups excluding carboxylic acids is 1. The molecule has 0 saturated carbocycles. The van der Waals surface area contributed by atoms with Gasteiger partial charge in [0.25, 0.3) is 0 Å². The first-order valence-corrected chi connectivity index (χ1v) is 5.24. The fourth-order valence-electron chi connectivity index (χ4n) is 1.59. The van der Waals surface area contributed by atoms with Crippen LogP contribution >= 0.6 is 0 Å². The highest BCUT2D eigenvalue weighted by Crippen LogP contribution is 2.33. The molecule has 4 nitrogen and oxygen atoms in total. The Morgan fingerprint density at radius 3 is 2.47 bits per heavy atom. The summed E-state index contributed by atoms with van der Waals surface area (Å²) in [7, 11) is 1.05. The molecule has 0 aromatic heterocycles. The number of hydrogen-bond acceptors (Lipinski definition) is 4. The number of hydrogen-bond donors (Lipinski definition) is 0. The van der Waals surface area contributed by atoms with Crippen molar-refractivity contribution in [2.45, 2.75) is 19.7 Å². The average Bonchev–Trinajstić information content (AvgIpc) is 2.35. The third kappa shape index (κ3) is 3.37. The molecule has 0 radical (unpaired) electrons. The van der Waals surface area contributed by atoms with Gasteiger partial charge in [0.2, 0.25) is 0 Å². The zero-order valence-corrected chi connectivity index (χ0v) is 10.2. The number of halogens is 3. The van der Waals surface area contributed by atoms with Crippen LogP contribution in [-0.4, -0.2) is 19.4 Å². The lowest BCUT2D eigenvalue weighted by Gasteiger charge is -2.16. The van der Waals surface area contributed by atoms with Crippen LogP contribution in [0.15, 0.2) is 12.1 Å². The molecule has 19 heavy (non-hydrogen) atoms.